The summed E-state index contributed by atoms with van der Waals surface area (Å²) >= 11 is 0. The fraction of sp³-hybridized carbons (Fsp3) is 1.00. The Kier molecular flexibility index (Phi) is 4.83. The van der Waals surface area contributed by atoms with Crippen molar-refractivity contribution in [2.75, 3.05) is 40.3 Å². The highest BCUT2D eigenvalue weighted by Gasteiger charge is 2.28. The summed E-state index contributed by atoms with van der Waals surface area (Å²) in [4.78, 5) is 5.13. The smallest absolute Gasteiger partial charge is 0.0119 e. The molecular formula is C14H29N3. The number of hydrogen-bond donors (Lipinski definition) is 1. The highest BCUT2D eigenvalue weighted by atomic mass is 15.2. The van der Waals surface area contributed by atoms with E-state index >= 15 is 0 Å². The molecule has 0 bridgehead atoms. The lowest BCUT2D eigenvalue weighted by Crippen LogP contribution is -2.49. The second kappa shape index (κ2) is 6.17. The minimum atomic E-state index is 0.755. The molecule has 1 N–H and O–H groups in total. The largest absolute Gasteiger partial charge is 0.317 e. The van der Waals surface area contributed by atoms with E-state index in [1.165, 1.54) is 51.9 Å². The second-order valence-corrected chi connectivity index (χ2v) is 6.03. The summed E-state index contributed by atoms with van der Waals surface area (Å²) < 4.78 is 0. The third kappa shape index (κ3) is 3.43. The van der Waals surface area contributed by atoms with E-state index in [2.05, 4.69) is 36.1 Å². The van der Waals surface area contributed by atoms with Gasteiger partial charge in [-0.1, -0.05) is 0 Å². The fourth-order valence-electron chi connectivity index (χ4n) is 3.39. The maximum atomic E-state index is 3.47. The number of nitrogens with one attached hydrogen (secondary N) is 1. The highest BCUT2D eigenvalue weighted by Crippen LogP contribution is 2.24. The molecule has 3 nitrogen and oxygen atoms in total. The molecule has 1 unspecified atom stereocenters. The van der Waals surface area contributed by atoms with Crippen molar-refractivity contribution in [3.05, 3.63) is 0 Å². The van der Waals surface area contributed by atoms with Crippen LogP contribution in [0.4, 0.5) is 0 Å². The zero-order valence-corrected chi connectivity index (χ0v) is 11.8. The molecule has 2 heterocycles. The third-order valence-corrected chi connectivity index (χ3v) is 4.97. The maximum absolute atomic E-state index is 3.47. The molecule has 2 aliphatic rings. The van der Waals surface area contributed by atoms with Gasteiger partial charge in [-0.15, -0.1) is 0 Å². The Labute approximate surface area is 107 Å². The topological polar surface area (TPSA) is 18.5 Å². The fourth-order valence-corrected chi connectivity index (χ4v) is 3.39. The van der Waals surface area contributed by atoms with Crippen LogP contribution in [0.1, 0.15) is 32.6 Å². The van der Waals surface area contributed by atoms with E-state index in [9.17, 15) is 0 Å². The first-order valence-electron chi connectivity index (χ1n) is 7.29. The van der Waals surface area contributed by atoms with Crippen LogP contribution in [0.2, 0.25) is 0 Å². The van der Waals surface area contributed by atoms with Gasteiger partial charge in [0.2, 0.25) is 0 Å². The minimum Gasteiger partial charge on any atom is -0.317 e. The van der Waals surface area contributed by atoms with Gasteiger partial charge in [-0.3, -0.25) is 0 Å². The predicted octanol–water partition coefficient (Wildman–Crippen LogP) is 1.40. The maximum Gasteiger partial charge on any atom is 0.0119 e. The Morgan fingerprint density at radius 2 is 1.71 bits per heavy atom. The number of nitrogens with zero attached hydrogens (tertiary/aromatic N) is 2. The van der Waals surface area contributed by atoms with Gasteiger partial charge >= 0.3 is 0 Å². The van der Waals surface area contributed by atoms with Gasteiger partial charge < -0.3 is 15.1 Å². The summed E-state index contributed by atoms with van der Waals surface area (Å²) in [6.07, 6.45) is 5.42. The van der Waals surface area contributed by atoms with E-state index < -0.39 is 0 Å². The van der Waals surface area contributed by atoms with Gasteiger partial charge in [0.25, 0.3) is 0 Å². The van der Waals surface area contributed by atoms with Gasteiger partial charge in [-0.2, -0.15) is 0 Å². The zero-order chi connectivity index (χ0) is 12.3. The lowest BCUT2D eigenvalue weighted by atomic mass is 9.89. The second-order valence-electron chi connectivity index (χ2n) is 6.03. The molecule has 2 saturated heterocycles. The van der Waals surface area contributed by atoms with E-state index in [1.807, 2.05) is 0 Å². The summed E-state index contributed by atoms with van der Waals surface area (Å²) in [6, 6.07) is 1.57. The SMILES string of the molecule is CC(C1CCNCC1)N(C)C1CCN(C)CC1. The number of piperidine rings is 2. The molecule has 0 saturated carbocycles. The standard InChI is InChI=1S/C14H29N3/c1-12(13-4-8-15-9-5-13)17(3)14-6-10-16(2)11-7-14/h12-15H,4-11H2,1-3H3. The molecule has 2 aliphatic heterocycles. The van der Waals surface area contributed by atoms with Crippen molar-refractivity contribution < 1.29 is 0 Å². The lowest BCUT2D eigenvalue weighted by molar-refractivity contribution is 0.0771. The molecule has 17 heavy (non-hydrogen) atoms. The molecule has 0 radical (unpaired) electrons. The molecule has 2 rings (SSSR count). The van der Waals surface area contributed by atoms with Gasteiger partial charge in [0.15, 0.2) is 0 Å². The zero-order valence-electron chi connectivity index (χ0n) is 11.8. The first kappa shape index (κ1) is 13.3. The molecule has 2 fully saturated rings. The predicted molar refractivity (Wildman–Crippen MR) is 73.3 cm³/mol. The summed E-state index contributed by atoms with van der Waals surface area (Å²) in [7, 11) is 4.59. The number of hydrogen-bond acceptors (Lipinski definition) is 3. The van der Waals surface area contributed by atoms with Crippen LogP contribution >= 0.6 is 0 Å². The Hall–Kier alpha value is -0.120. The van der Waals surface area contributed by atoms with E-state index in [-0.39, 0.29) is 0 Å². The van der Waals surface area contributed by atoms with Crippen LogP contribution in [-0.4, -0.2) is 62.2 Å². The van der Waals surface area contributed by atoms with Gasteiger partial charge in [0, 0.05) is 12.1 Å². The summed E-state index contributed by atoms with van der Waals surface area (Å²) in [5, 5.41) is 3.47. The Bertz CT molecular complexity index is 218. The molecule has 3 heteroatoms. The van der Waals surface area contributed by atoms with Crippen LogP contribution in [0.5, 0.6) is 0 Å². The van der Waals surface area contributed by atoms with Crippen molar-refractivity contribution in [1.82, 2.24) is 15.1 Å². The van der Waals surface area contributed by atoms with Crippen molar-refractivity contribution in [3.8, 4) is 0 Å². The molecule has 0 aromatic heterocycles. The van der Waals surface area contributed by atoms with Gasteiger partial charge in [0.05, 0.1) is 0 Å². The average Bonchev–Trinajstić information content (AvgIpc) is 2.39. The van der Waals surface area contributed by atoms with E-state index in [4.69, 9.17) is 0 Å². The molecule has 1 atom stereocenters. The summed E-state index contributed by atoms with van der Waals surface area (Å²) in [5.74, 6) is 0.904. The van der Waals surface area contributed by atoms with Gasteiger partial charge in [-0.05, 0) is 78.8 Å². The van der Waals surface area contributed by atoms with Crippen molar-refractivity contribution in [1.29, 1.82) is 0 Å². The molecular weight excluding hydrogens is 210 g/mol. The van der Waals surface area contributed by atoms with Crippen molar-refractivity contribution in [3.63, 3.8) is 0 Å². The van der Waals surface area contributed by atoms with Crippen molar-refractivity contribution in [2.45, 2.75) is 44.7 Å². The summed E-state index contributed by atoms with van der Waals surface area (Å²) in [6.45, 7) is 7.42. The quantitative estimate of drug-likeness (QED) is 0.803. The molecule has 0 aromatic carbocycles. The first-order valence-corrected chi connectivity index (χ1v) is 7.29. The molecule has 100 valence electrons. The molecule has 0 aliphatic carbocycles. The Balaban J connectivity index is 1.83. The molecule has 0 aromatic rings. The number of rotatable bonds is 3. The van der Waals surface area contributed by atoms with Crippen LogP contribution in [0.15, 0.2) is 0 Å². The Morgan fingerprint density at radius 3 is 2.29 bits per heavy atom. The summed E-state index contributed by atoms with van der Waals surface area (Å²) in [5.41, 5.74) is 0. The van der Waals surface area contributed by atoms with Crippen LogP contribution in [0, 0.1) is 5.92 Å². The normalized spacial score (nSPS) is 27.5. The Morgan fingerprint density at radius 1 is 1.12 bits per heavy atom. The highest BCUT2D eigenvalue weighted by molar-refractivity contribution is 4.84. The lowest BCUT2D eigenvalue weighted by Gasteiger charge is -2.42. The van der Waals surface area contributed by atoms with Crippen molar-refractivity contribution >= 4 is 0 Å². The third-order valence-electron chi connectivity index (χ3n) is 4.97. The van der Waals surface area contributed by atoms with Crippen LogP contribution < -0.4 is 5.32 Å². The van der Waals surface area contributed by atoms with Crippen molar-refractivity contribution in [2.24, 2.45) is 5.92 Å². The van der Waals surface area contributed by atoms with Crippen LogP contribution in [0.25, 0.3) is 0 Å². The minimum absolute atomic E-state index is 0.755. The van der Waals surface area contributed by atoms with Crippen LogP contribution in [0.3, 0.4) is 0 Å². The van der Waals surface area contributed by atoms with Crippen LogP contribution in [-0.2, 0) is 0 Å². The van der Waals surface area contributed by atoms with Gasteiger partial charge in [0.1, 0.15) is 0 Å². The monoisotopic (exact) mass is 239 g/mol. The number of likely N-dealkylation sites (tertiary alicyclic amines) is 1. The molecule has 0 amide bonds. The van der Waals surface area contributed by atoms with E-state index in [0.717, 1.165) is 18.0 Å². The average molecular weight is 239 g/mol. The van der Waals surface area contributed by atoms with E-state index in [1.54, 1.807) is 0 Å². The van der Waals surface area contributed by atoms with Gasteiger partial charge in [-0.25, -0.2) is 0 Å². The molecule has 0 spiro atoms. The first-order chi connectivity index (χ1) is 8.18. The van der Waals surface area contributed by atoms with E-state index in [0.29, 0.717) is 0 Å².